The van der Waals surface area contributed by atoms with E-state index in [4.69, 9.17) is 11.6 Å². The van der Waals surface area contributed by atoms with Crippen LogP contribution in [0, 0.1) is 12.8 Å². The zero-order chi connectivity index (χ0) is 14.5. The van der Waals surface area contributed by atoms with Crippen LogP contribution in [0.3, 0.4) is 0 Å². The third-order valence-electron chi connectivity index (χ3n) is 3.90. The van der Waals surface area contributed by atoms with Crippen molar-refractivity contribution in [2.75, 3.05) is 11.9 Å². The van der Waals surface area contributed by atoms with E-state index in [0.29, 0.717) is 5.92 Å². The number of rotatable bonds is 6. The van der Waals surface area contributed by atoms with Gasteiger partial charge in [0, 0.05) is 17.3 Å². The minimum atomic E-state index is 0.117. The summed E-state index contributed by atoms with van der Waals surface area (Å²) in [6, 6.07) is 8.19. The van der Waals surface area contributed by atoms with E-state index in [1.807, 2.05) is 19.1 Å². The highest BCUT2D eigenvalue weighted by Gasteiger charge is 2.16. The van der Waals surface area contributed by atoms with Crippen LogP contribution in [-0.4, -0.2) is 22.1 Å². The van der Waals surface area contributed by atoms with Crippen LogP contribution in [0.1, 0.15) is 32.4 Å². The zero-order valence-corrected chi connectivity index (χ0v) is 13.1. The highest BCUT2D eigenvalue weighted by atomic mass is 35.5. The Morgan fingerprint density at radius 1 is 1.10 bits per heavy atom. The molecule has 0 aliphatic carbocycles. The van der Waals surface area contributed by atoms with Crippen molar-refractivity contribution in [3.63, 3.8) is 0 Å². The molecule has 20 heavy (non-hydrogen) atoms. The number of aryl methyl sites for hydroxylation is 1. The lowest BCUT2D eigenvalue weighted by atomic mass is 9.99. The maximum Gasteiger partial charge on any atom is 0.156 e. The molecule has 0 amide bonds. The first-order valence-electron chi connectivity index (χ1n) is 7.27. The summed E-state index contributed by atoms with van der Waals surface area (Å²) in [6.45, 7) is 7.07. The molecule has 0 bridgehead atoms. The second-order valence-corrected chi connectivity index (χ2v) is 5.71. The molecule has 0 aliphatic heterocycles. The molecule has 1 atom stereocenters. The minimum absolute atomic E-state index is 0.117. The van der Waals surface area contributed by atoms with Gasteiger partial charge in [-0.3, -0.25) is 0 Å². The van der Waals surface area contributed by atoms with Crippen molar-refractivity contribution in [2.24, 2.45) is 5.92 Å². The molecule has 4 heteroatoms. The molecular formula is C16H22ClN3. The van der Waals surface area contributed by atoms with Crippen LogP contribution in [0.25, 0.3) is 10.8 Å². The standard InChI is InChI=1S/C16H22ClN3/c1-4-12(5-2)15(17)10-18-16-14-9-7-6-8-13(14)11(3)19-20-16/h6-9,12,15H,4-5,10H2,1-3H3,(H,18,20). The molecule has 0 spiro atoms. The van der Waals surface area contributed by atoms with Gasteiger partial charge >= 0.3 is 0 Å². The third kappa shape index (κ3) is 3.21. The summed E-state index contributed by atoms with van der Waals surface area (Å²) in [5.41, 5.74) is 0.952. The fourth-order valence-electron chi connectivity index (χ4n) is 2.53. The summed E-state index contributed by atoms with van der Waals surface area (Å²) in [7, 11) is 0. The number of fused-ring (bicyclic) bond motifs is 1. The van der Waals surface area contributed by atoms with Crippen molar-refractivity contribution in [3.8, 4) is 0 Å². The van der Waals surface area contributed by atoms with Gasteiger partial charge in [-0.15, -0.1) is 16.7 Å². The van der Waals surface area contributed by atoms with Crippen LogP contribution < -0.4 is 5.32 Å². The van der Waals surface area contributed by atoms with Gasteiger partial charge in [-0.05, 0) is 12.8 Å². The predicted octanol–water partition coefficient (Wildman–Crippen LogP) is 4.39. The predicted molar refractivity (Wildman–Crippen MR) is 86.5 cm³/mol. The first kappa shape index (κ1) is 15.0. The van der Waals surface area contributed by atoms with E-state index in [0.717, 1.165) is 41.7 Å². The molecule has 108 valence electrons. The van der Waals surface area contributed by atoms with E-state index >= 15 is 0 Å². The fraction of sp³-hybridized carbons (Fsp3) is 0.500. The molecular weight excluding hydrogens is 270 g/mol. The van der Waals surface area contributed by atoms with Crippen molar-refractivity contribution in [2.45, 2.75) is 39.0 Å². The lowest BCUT2D eigenvalue weighted by molar-refractivity contribution is 0.475. The Balaban J connectivity index is 2.16. The highest BCUT2D eigenvalue weighted by molar-refractivity contribution is 6.21. The van der Waals surface area contributed by atoms with E-state index in [9.17, 15) is 0 Å². The molecule has 0 saturated carbocycles. The van der Waals surface area contributed by atoms with E-state index in [1.54, 1.807) is 0 Å². The monoisotopic (exact) mass is 291 g/mol. The molecule has 2 rings (SSSR count). The first-order chi connectivity index (χ1) is 9.67. The van der Waals surface area contributed by atoms with Crippen LogP contribution in [0.4, 0.5) is 5.82 Å². The normalized spacial score (nSPS) is 12.8. The SMILES string of the molecule is CCC(CC)C(Cl)CNc1nnc(C)c2ccccc12. The maximum atomic E-state index is 6.47. The Kier molecular flexibility index (Phi) is 5.18. The number of halogens is 1. The molecule has 1 heterocycles. The topological polar surface area (TPSA) is 37.8 Å². The van der Waals surface area contributed by atoms with E-state index in [1.165, 1.54) is 0 Å². The van der Waals surface area contributed by atoms with Crippen molar-refractivity contribution >= 4 is 28.2 Å². The van der Waals surface area contributed by atoms with Gasteiger partial charge in [0.05, 0.1) is 11.1 Å². The number of hydrogen-bond acceptors (Lipinski definition) is 3. The number of nitrogens with zero attached hydrogens (tertiary/aromatic N) is 2. The Morgan fingerprint density at radius 2 is 1.75 bits per heavy atom. The molecule has 1 N–H and O–H groups in total. The second-order valence-electron chi connectivity index (χ2n) is 5.15. The molecule has 0 aliphatic rings. The van der Waals surface area contributed by atoms with Crippen molar-refractivity contribution in [1.29, 1.82) is 0 Å². The summed E-state index contributed by atoms with van der Waals surface area (Å²) in [4.78, 5) is 0. The lowest BCUT2D eigenvalue weighted by Crippen LogP contribution is -2.23. The third-order valence-corrected chi connectivity index (χ3v) is 4.41. The summed E-state index contributed by atoms with van der Waals surface area (Å²) >= 11 is 6.47. The number of aromatic nitrogens is 2. The molecule has 1 aromatic heterocycles. The Morgan fingerprint density at radius 3 is 2.40 bits per heavy atom. The molecule has 1 aromatic carbocycles. The number of alkyl halides is 1. The smallest absolute Gasteiger partial charge is 0.156 e. The van der Waals surface area contributed by atoms with Crippen molar-refractivity contribution < 1.29 is 0 Å². The summed E-state index contributed by atoms with van der Waals surface area (Å²) in [5.74, 6) is 1.36. The van der Waals surface area contributed by atoms with Crippen molar-refractivity contribution in [3.05, 3.63) is 30.0 Å². The fourth-order valence-corrected chi connectivity index (χ4v) is 2.96. The van der Waals surface area contributed by atoms with Crippen LogP contribution >= 0.6 is 11.6 Å². The van der Waals surface area contributed by atoms with E-state index in [2.05, 4.69) is 41.5 Å². The minimum Gasteiger partial charge on any atom is -0.367 e. The van der Waals surface area contributed by atoms with Gasteiger partial charge in [0.15, 0.2) is 5.82 Å². The van der Waals surface area contributed by atoms with Gasteiger partial charge in [-0.2, -0.15) is 5.10 Å². The number of anilines is 1. The largest absolute Gasteiger partial charge is 0.367 e. The van der Waals surface area contributed by atoms with Gasteiger partial charge < -0.3 is 5.32 Å². The van der Waals surface area contributed by atoms with Gasteiger partial charge in [-0.1, -0.05) is 51.0 Å². The van der Waals surface area contributed by atoms with Crippen molar-refractivity contribution in [1.82, 2.24) is 10.2 Å². The first-order valence-corrected chi connectivity index (χ1v) is 7.71. The number of nitrogens with one attached hydrogen (secondary N) is 1. The second kappa shape index (κ2) is 6.89. The Labute approximate surface area is 125 Å². The van der Waals surface area contributed by atoms with Crippen LogP contribution in [0.2, 0.25) is 0 Å². The molecule has 3 nitrogen and oxygen atoms in total. The van der Waals surface area contributed by atoms with E-state index < -0.39 is 0 Å². The maximum absolute atomic E-state index is 6.47. The van der Waals surface area contributed by atoms with Gasteiger partial charge in [0.2, 0.25) is 0 Å². The lowest BCUT2D eigenvalue weighted by Gasteiger charge is -2.20. The summed E-state index contributed by atoms with van der Waals surface area (Å²) < 4.78 is 0. The van der Waals surface area contributed by atoms with Crippen LogP contribution in [0.5, 0.6) is 0 Å². The Bertz CT molecular complexity index is 567. The molecule has 0 saturated heterocycles. The molecule has 2 aromatic rings. The molecule has 1 unspecified atom stereocenters. The van der Waals surface area contributed by atoms with Gasteiger partial charge in [-0.25, -0.2) is 0 Å². The summed E-state index contributed by atoms with van der Waals surface area (Å²) in [5, 5.41) is 14.2. The zero-order valence-electron chi connectivity index (χ0n) is 12.4. The van der Waals surface area contributed by atoms with Gasteiger partial charge in [0.25, 0.3) is 0 Å². The molecule has 0 fully saturated rings. The highest BCUT2D eigenvalue weighted by Crippen LogP contribution is 2.24. The average Bonchev–Trinajstić information content (AvgIpc) is 2.48. The van der Waals surface area contributed by atoms with E-state index in [-0.39, 0.29) is 5.38 Å². The molecule has 0 radical (unpaired) electrons. The van der Waals surface area contributed by atoms with Crippen LogP contribution in [-0.2, 0) is 0 Å². The average molecular weight is 292 g/mol. The quantitative estimate of drug-likeness (QED) is 0.802. The number of benzene rings is 1. The summed E-state index contributed by atoms with van der Waals surface area (Å²) in [6.07, 6.45) is 2.21. The van der Waals surface area contributed by atoms with Gasteiger partial charge in [0.1, 0.15) is 0 Å². The Hall–Kier alpha value is -1.35. The van der Waals surface area contributed by atoms with Crippen LogP contribution in [0.15, 0.2) is 24.3 Å². The number of hydrogen-bond donors (Lipinski definition) is 1.